The van der Waals surface area contributed by atoms with Gasteiger partial charge in [0.05, 0.1) is 11.8 Å². The van der Waals surface area contributed by atoms with Crippen LogP contribution in [0.3, 0.4) is 0 Å². The molecule has 1 atom stereocenters. The summed E-state index contributed by atoms with van der Waals surface area (Å²) in [6.07, 6.45) is 1.52. The van der Waals surface area contributed by atoms with Gasteiger partial charge < -0.3 is 5.32 Å². The van der Waals surface area contributed by atoms with Gasteiger partial charge in [0.25, 0.3) is 5.91 Å². The molecule has 0 spiro atoms. The summed E-state index contributed by atoms with van der Waals surface area (Å²) in [6, 6.07) is 6.77. The molecule has 1 amide bonds. The number of nitriles is 1. The van der Waals surface area contributed by atoms with Gasteiger partial charge in [-0.2, -0.15) is 5.26 Å². The van der Waals surface area contributed by atoms with Crippen molar-refractivity contribution < 1.29 is 9.59 Å². The zero-order valence-corrected chi connectivity index (χ0v) is 12.5. The molecule has 1 aromatic heterocycles. The third-order valence-electron chi connectivity index (χ3n) is 2.28. The van der Waals surface area contributed by atoms with E-state index < -0.39 is 11.8 Å². The molecule has 6 heteroatoms. The number of carbonyl (C=O) groups excluding carboxylic acids is 2. The number of anilines is 1. The second-order valence-corrected chi connectivity index (χ2v) is 6.94. The van der Waals surface area contributed by atoms with Gasteiger partial charge in [0.15, 0.2) is 11.7 Å². The van der Waals surface area contributed by atoms with Gasteiger partial charge in [-0.15, -0.1) is 11.8 Å². The Balaban J connectivity index is 2.64. The number of nitrogens with zero attached hydrogens (tertiary/aromatic N) is 2. The molecule has 0 aromatic carbocycles. The van der Waals surface area contributed by atoms with Crippen molar-refractivity contribution in [2.45, 2.75) is 25.5 Å². The van der Waals surface area contributed by atoms with Gasteiger partial charge in [-0.25, -0.2) is 4.98 Å². The monoisotopic (exact) mass is 291 g/mol. The number of hydrogen-bond donors (Lipinski definition) is 1. The molecule has 1 heterocycles. The van der Waals surface area contributed by atoms with E-state index in [9.17, 15) is 9.59 Å². The average molecular weight is 291 g/mol. The highest BCUT2D eigenvalue weighted by molar-refractivity contribution is 8.01. The van der Waals surface area contributed by atoms with Gasteiger partial charge in [-0.3, -0.25) is 9.59 Å². The van der Waals surface area contributed by atoms with Crippen LogP contribution in [0.15, 0.2) is 24.4 Å². The molecular weight excluding hydrogens is 274 g/mol. The summed E-state index contributed by atoms with van der Waals surface area (Å²) >= 11 is 1.41. The van der Waals surface area contributed by atoms with Crippen molar-refractivity contribution in [3.63, 3.8) is 0 Å². The normalized spacial score (nSPS) is 12.3. The fourth-order valence-electron chi connectivity index (χ4n) is 1.28. The van der Waals surface area contributed by atoms with E-state index in [1.807, 2.05) is 20.8 Å². The second-order valence-electron chi connectivity index (χ2n) is 5.13. The first-order chi connectivity index (χ1) is 9.33. The zero-order chi connectivity index (χ0) is 15.2. The quantitative estimate of drug-likeness (QED) is 0.841. The Morgan fingerprint density at radius 3 is 2.65 bits per heavy atom. The predicted octanol–water partition coefficient (Wildman–Crippen LogP) is 2.26. The van der Waals surface area contributed by atoms with Crippen LogP contribution in [-0.4, -0.2) is 27.2 Å². The van der Waals surface area contributed by atoms with Gasteiger partial charge in [-0.05, 0) is 12.1 Å². The topological polar surface area (TPSA) is 82.8 Å². The summed E-state index contributed by atoms with van der Waals surface area (Å²) in [4.78, 5) is 27.8. The minimum Gasteiger partial charge on any atom is -0.309 e. The molecule has 106 valence electrons. The van der Waals surface area contributed by atoms with E-state index in [2.05, 4.69) is 10.3 Å². The molecule has 0 aliphatic rings. The predicted molar refractivity (Wildman–Crippen MR) is 79.2 cm³/mol. The van der Waals surface area contributed by atoms with Crippen LogP contribution in [0.5, 0.6) is 0 Å². The number of nitrogens with one attached hydrogen (secondary N) is 1. The molecule has 0 saturated heterocycles. The second kappa shape index (κ2) is 7.06. The van der Waals surface area contributed by atoms with Gasteiger partial charge in [0.2, 0.25) is 0 Å². The summed E-state index contributed by atoms with van der Waals surface area (Å²) in [5.41, 5.74) is 0. The molecule has 0 aliphatic carbocycles. The first-order valence-electron chi connectivity index (χ1n) is 6.11. The molecule has 0 radical (unpaired) electrons. The van der Waals surface area contributed by atoms with E-state index in [4.69, 9.17) is 5.26 Å². The lowest BCUT2D eigenvalue weighted by Gasteiger charge is -2.17. The smallest absolute Gasteiger partial charge is 0.250 e. The van der Waals surface area contributed by atoms with Crippen LogP contribution >= 0.6 is 11.8 Å². The Bertz CT molecular complexity index is 517. The van der Waals surface area contributed by atoms with Gasteiger partial charge in [0, 0.05) is 10.9 Å². The lowest BCUT2D eigenvalue weighted by molar-refractivity contribution is -0.127. The van der Waals surface area contributed by atoms with Crippen molar-refractivity contribution >= 4 is 29.3 Å². The van der Waals surface area contributed by atoms with Gasteiger partial charge >= 0.3 is 0 Å². The SMILES string of the molecule is CC(C)(C)SCC(=O)C(C#N)C(=O)Nc1ccccn1. The average Bonchev–Trinajstić information content (AvgIpc) is 2.37. The molecule has 20 heavy (non-hydrogen) atoms. The van der Waals surface area contributed by atoms with E-state index in [1.165, 1.54) is 18.0 Å². The Morgan fingerprint density at radius 2 is 2.15 bits per heavy atom. The highest BCUT2D eigenvalue weighted by Gasteiger charge is 2.27. The van der Waals surface area contributed by atoms with Crippen LogP contribution in [0.4, 0.5) is 5.82 Å². The number of hydrogen-bond acceptors (Lipinski definition) is 5. The van der Waals surface area contributed by atoms with Crippen LogP contribution in [0, 0.1) is 17.2 Å². The molecule has 1 unspecified atom stereocenters. The number of thioether (sulfide) groups is 1. The van der Waals surface area contributed by atoms with Crippen molar-refractivity contribution in [2.75, 3.05) is 11.1 Å². The molecule has 1 N–H and O–H groups in total. The highest BCUT2D eigenvalue weighted by atomic mass is 32.2. The maximum Gasteiger partial charge on any atom is 0.250 e. The number of pyridine rings is 1. The largest absolute Gasteiger partial charge is 0.309 e. The maximum atomic E-state index is 11.9. The van der Waals surface area contributed by atoms with Gasteiger partial charge in [-0.1, -0.05) is 26.8 Å². The Labute approximate surface area is 122 Å². The molecular formula is C14H17N3O2S. The van der Waals surface area contributed by atoms with Crippen LogP contribution in [0.2, 0.25) is 0 Å². The summed E-state index contributed by atoms with van der Waals surface area (Å²) in [6.45, 7) is 5.92. The molecule has 5 nitrogen and oxygen atoms in total. The summed E-state index contributed by atoms with van der Waals surface area (Å²) < 4.78 is -0.0902. The van der Waals surface area contributed by atoms with Crippen LogP contribution in [0.1, 0.15) is 20.8 Å². The summed E-state index contributed by atoms with van der Waals surface area (Å²) in [5.74, 6) is -1.86. The van der Waals surface area contributed by atoms with Crippen molar-refractivity contribution in [3.8, 4) is 6.07 Å². The summed E-state index contributed by atoms with van der Waals surface area (Å²) in [7, 11) is 0. The van der Waals surface area contributed by atoms with Crippen molar-refractivity contribution in [1.82, 2.24) is 4.98 Å². The number of rotatable bonds is 5. The van der Waals surface area contributed by atoms with E-state index in [-0.39, 0.29) is 16.3 Å². The number of carbonyl (C=O) groups is 2. The fourth-order valence-corrected chi connectivity index (χ4v) is 2.02. The van der Waals surface area contributed by atoms with E-state index in [1.54, 1.807) is 24.3 Å². The third kappa shape index (κ3) is 5.41. The third-order valence-corrected chi connectivity index (χ3v) is 3.57. The Morgan fingerprint density at radius 1 is 1.45 bits per heavy atom. The lowest BCUT2D eigenvalue weighted by Crippen LogP contribution is -2.30. The molecule has 0 fully saturated rings. The van der Waals surface area contributed by atoms with Crippen molar-refractivity contribution in [2.24, 2.45) is 5.92 Å². The molecule has 0 bridgehead atoms. The highest BCUT2D eigenvalue weighted by Crippen LogP contribution is 2.24. The fraction of sp³-hybridized carbons (Fsp3) is 0.429. The number of Topliss-reactive ketones (excluding diaryl/α,β-unsaturated/α-hetero) is 1. The van der Waals surface area contributed by atoms with E-state index in [0.29, 0.717) is 5.82 Å². The molecule has 1 rings (SSSR count). The molecule has 1 aromatic rings. The van der Waals surface area contributed by atoms with E-state index >= 15 is 0 Å². The van der Waals surface area contributed by atoms with Crippen molar-refractivity contribution in [3.05, 3.63) is 24.4 Å². The first kappa shape index (κ1) is 16.2. The zero-order valence-electron chi connectivity index (χ0n) is 11.7. The Hall–Kier alpha value is -1.87. The molecule has 0 aliphatic heterocycles. The molecule has 0 saturated carbocycles. The van der Waals surface area contributed by atoms with Gasteiger partial charge in [0.1, 0.15) is 5.82 Å². The summed E-state index contributed by atoms with van der Waals surface area (Å²) in [5, 5.41) is 11.5. The van der Waals surface area contributed by atoms with Crippen LogP contribution in [0.25, 0.3) is 0 Å². The van der Waals surface area contributed by atoms with E-state index in [0.717, 1.165) is 0 Å². The van der Waals surface area contributed by atoms with Crippen LogP contribution < -0.4 is 5.32 Å². The number of amides is 1. The minimum atomic E-state index is -1.30. The van der Waals surface area contributed by atoms with Crippen LogP contribution in [-0.2, 0) is 9.59 Å². The lowest BCUT2D eigenvalue weighted by atomic mass is 10.1. The standard InChI is InChI=1S/C14H17N3O2S/c1-14(2,3)20-9-11(18)10(8-15)13(19)17-12-6-4-5-7-16-12/h4-7,10H,9H2,1-3H3,(H,16,17,19). The number of ketones is 1. The minimum absolute atomic E-state index is 0.0902. The number of aromatic nitrogens is 1. The first-order valence-corrected chi connectivity index (χ1v) is 7.10. The Kier molecular flexibility index (Phi) is 5.71. The maximum absolute atomic E-state index is 11.9. The van der Waals surface area contributed by atoms with Crippen molar-refractivity contribution in [1.29, 1.82) is 5.26 Å².